The molecule has 3 fully saturated rings. The Labute approximate surface area is 201 Å². The Bertz CT molecular complexity index is 1250. The minimum atomic E-state index is -3.45. The summed E-state index contributed by atoms with van der Waals surface area (Å²) in [4.78, 5) is 15.9. The van der Waals surface area contributed by atoms with Crippen molar-refractivity contribution >= 4 is 24.2 Å². The molecule has 0 unspecified atom stereocenters. The second-order valence-electron chi connectivity index (χ2n) is 10.4. The van der Waals surface area contributed by atoms with Gasteiger partial charge in [-0.1, -0.05) is 18.5 Å². The molecule has 5 nitrogen and oxygen atoms in total. The van der Waals surface area contributed by atoms with E-state index in [1.54, 1.807) is 4.90 Å². The molecule has 1 aromatic rings. The zero-order valence-electron chi connectivity index (χ0n) is 29.0. The Kier molecular flexibility index (Phi) is 2.91. The third-order valence-electron chi connectivity index (χ3n) is 7.53. The summed E-state index contributed by atoms with van der Waals surface area (Å²) >= 11 is 0. The Morgan fingerprint density at radius 2 is 1.58 bits per heavy atom. The Morgan fingerprint density at radius 3 is 2.19 bits per heavy atom. The zero-order chi connectivity index (χ0) is 31.1. The van der Waals surface area contributed by atoms with Crippen LogP contribution in [0.15, 0.2) is 18.2 Å². The normalized spacial score (nSPS) is 44.5. The van der Waals surface area contributed by atoms with Crippen LogP contribution in [0.25, 0.3) is 0 Å². The van der Waals surface area contributed by atoms with E-state index >= 15 is 0 Å². The first-order valence-electron chi connectivity index (χ1n) is 15.9. The van der Waals surface area contributed by atoms with Crippen LogP contribution in [0.5, 0.6) is 0 Å². The number of carbonyl (C=O) groups excluding carboxylic acids is 1. The summed E-state index contributed by atoms with van der Waals surface area (Å²) in [6.45, 7) is 5.07. The highest BCUT2D eigenvalue weighted by Crippen LogP contribution is 2.46. The van der Waals surface area contributed by atoms with Crippen molar-refractivity contribution < 1.29 is 27.8 Å². The molecule has 0 radical (unpaired) electrons. The molecule has 3 aliphatic heterocycles. The summed E-state index contributed by atoms with van der Waals surface area (Å²) in [6.07, 6.45) is -10.1. The van der Waals surface area contributed by atoms with Crippen molar-refractivity contribution in [2.75, 3.05) is 17.9 Å². The number of anilines is 1. The van der Waals surface area contributed by atoms with Crippen molar-refractivity contribution in [1.82, 2.24) is 4.90 Å². The number of nitrogens with zero attached hydrogens (tertiary/aromatic N) is 2. The van der Waals surface area contributed by atoms with E-state index in [1.807, 2.05) is 59.7 Å². The summed E-state index contributed by atoms with van der Waals surface area (Å²) in [5, 5.41) is 0. The third kappa shape index (κ3) is 3.29. The van der Waals surface area contributed by atoms with Crippen molar-refractivity contribution in [2.24, 2.45) is 0 Å². The van der Waals surface area contributed by atoms with Crippen LogP contribution in [0.1, 0.15) is 92.8 Å². The second kappa shape index (κ2) is 7.07. The van der Waals surface area contributed by atoms with Crippen LogP contribution in [-0.4, -0.2) is 54.2 Å². The van der Waals surface area contributed by atoms with Crippen molar-refractivity contribution in [2.45, 2.75) is 102 Å². The van der Waals surface area contributed by atoms with Crippen molar-refractivity contribution in [1.29, 1.82) is 0 Å². The van der Waals surface area contributed by atoms with E-state index in [9.17, 15) is 4.79 Å². The lowest BCUT2D eigenvalue weighted by atomic mass is 9.76. The topological polar surface area (TPSA) is 42.0 Å². The molecular formula is C25H37BN2O3. The van der Waals surface area contributed by atoms with Gasteiger partial charge in [-0.15, -0.1) is 0 Å². The third-order valence-corrected chi connectivity index (χ3v) is 7.53. The molecule has 0 N–H and O–H groups in total. The maximum absolute atomic E-state index is 13.7. The Balaban J connectivity index is 1.46. The smallest absolute Gasteiger partial charge is 0.399 e. The molecule has 3 heterocycles. The molecule has 0 aromatic heterocycles. The molecule has 1 amide bonds. The lowest BCUT2D eigenvalue weighted by Gasteiger charge is -2.48. The summed E-state index contributed by atoms with van der Waals surface area (Å²) in [6, 6.07) is 4.14. The van der Waals surface area contributed by atoms with Crippen LogP contribution < -0.4 is 10.4 Å². The van der Waals surface area contributed by atoms with Gasteiger partial charge in [0, 0.05) is 31.5 Å². The van der Waals surface area contributed by atoms with Gasteiger partial charge in [0.1, 0.15) is 0 Å². The highest BCUT2D eigenvalue weighted by atomic mass is 16.7. The van der Waals surface area contributed by atoms with Crippen LogP contribution in [0, 0.1) is 0 Å². The maximum atomic E-state index is 13.7. The molecule has 4 aliphatic rings. The molecule has 1 aliphatic carbocycles. The fourth-order valence-corrected chi connectivity index (χ4v) is 4.69. The van der Waals surface area contributed by atoms with E-state index in [4.69, 9.17) is 23.0 Å². The molecule has 1 saturated carbocycles. The zero-order valence-corrected chi connectivity index (χ0v) is 19.0. The SMILES string of the molecule is [2H]C1([2H])N(C2CC(N3C(=O)C(C)(C)c4ccc(B5OC(C)(C)C(C)(C)O5)cc43)C2)C([2H])([2H])C([2H])([2H])C([2H])([2H])C1([2H])[2H]. The van der Waals surface area contributed by atoms with E-state index in [2.05, 4.69) is 0 Å². The highest BCUT2D eigenvalue weighted by molar-refractivity contribution is 6.62. The molecule has 6 heteroatoms. The summed E-state index contributed by atoms with van der Waals surface area (Å²) in [5.74, 6) is -0.186. The summed E-state index contributed by atoms with van der Waals surface area (Å²) in [5.41, 5.74) is 0.156. The molecule has 168 valence electrons. The van der Waals surface area contributed by atoms with Crippen molar-refractivity contribution in [3.05, 3.63) is 23.8 Å². The van der Waals surface area contributed by atoms with Crippen molar-refractivity contribution in [3.63, 3.8) is 0 Å². The van der Waals surface area contributed by atoms with E-state index in [0.29, 0.717) is 10.6 Å². The second-order valence-corrected chi connectivity index (χ2v) is 10.4. The number of fused-ring (bicyclic) bond motifs is 1. The quantitative estimate of drug-likeness (QED) is 0.682. The average molecular weight is 434 g/mol. The van der Waals surface area contributed by atoms with Gasteiger partial charge in [0.25, 0.3) is 0 Å². The Morgan fingerprint density at radius 1 is 0.968 bits per heavy atom. The predicted octanol–water partition coefficient (Wildman–Crippen LogP) is 3.63. The first kappa shape index (κ1) is 12.8. The van der Waals surface area contributed by atoms with Crippen LogP contribution in [-0.2, 0) is 19.5 Å². The van der Waals surface area contributed by atoms with E-state index in [0.717, 1.165) is 11.0 Å². The molecule has 0 atom stereocenters. The Hall–Kier alpha value is -1.37. The summed E-state index contributed by atoms with van der Waals surface area (Å²) < 4.78 is 95.4. The van der Waals surface area contributed by atoms with Gasteiger partial charge in [0.2, 0.25) is 5.91 Å². The minimum absolute atomic E-state index is 0.0517. The fourth-order valence-electron chi connectivity index (χ4n) is 4.69. The minimum Gasteiger partial charge on any atom is -0.399 e. The van der Waals surface area contributed by atoms with E-state index in [1.165, 1.54) is 0 Å². The first-order chi connectivity index (χ1) is 18.3. The average Bonchev–Trinajstić information content (AvgIpc) is 3.13. The predicted molar refractivity (Wildman–Crippen MR) is 125 cm³/mol. The molecule has 5 rings (SSSR count). The lowest BCUT2D eigenvalue weighted by Crippen LogP contribution is -2.57. The fraction of sp³-hybridized carbons (Fsp3) is 0.720. The monoisotopic (exact) mass is 434 g/mol. The van der Waals surface area contributed by atoms with E-state index < -0.39 is 67.9 Å². The van der Waals surface area contributed by atoms with Gasteiger partial charge >= 0.3 is 7.12 Å². The van der Waals surface area contributed by atoms with Gasteiger partial charge in [-0.2, -0.15) is 0 Å². The van der Waals surface area contributed by atoms with Gasteiger partial charge < -0.3 is 19.1 Å². The molecule has 0 spiro atoms. The van der Waals surface area contributed by atoms with Gasteiger partial charge in [-0.05, 0) is 97.2 Å². The maximum Gasteiger partial charge on any atom is 0.494 e. The van der Waals surface area contributed by atoms with Gasteiger partial charge in [-0.25, -0.2) is 0 Å². The molecule has 1 aromatic carbocycles. The van der Waals surface area contributed by atoms with E-state index in [-0.39, 0.29) is 18.7 Å². The van der Waals surface area contributed by atoms with Crippen LogP contribution in [0.4, 0.5) is 5.69 Å². The molecule has 0 bridgehead atoms. The number of carbonyl (C=O) groups is 1. The van der Waals surface area contributed by atoms with Gasteiger partial charge in [-0.3, -0.25) is 4.79 Å². The largest absolute Gasteiger partial charge is 0.494 e. The van der Waals surface area contributed by atoms with Crippen LogP contribution in [0.3, 0.4) is 0 Å². The number of piperidine rings is 1. The summed E-state index contributed by atoms with van der Waals surface area (Å²) in [7, 11) is -0.660. The van der Waals surface area contributed by atoms with Crippen LogP contribution >= 0.6 is 0 Å². The molecule has 2 saturated heterocycles. The lowest BCUT2D eigenvalue weighted by molar-refractivity contribution is -0.123. The number of hydrogen-bond acceptors (Lipinski definition) is 4. The number of likely N-dealkylation sites (tertiary alicyclic amines) is 1. The van der Waals surface area contributed by atoms with Crippen molar-refractivity contribution in [3.8, 4) is 0 Å². The van der Waals surface area contributed by atoms with Gasteiger partial charge in [0.05, 0.1) is 16.6 Å². The number of benzene rings is 1. The number of hydrogen-bond donors (Lipinski definition) is 0. The standard InChI is InChI=1S/C25H37BN2O3/c1-23(2)20-11-10-17(26-30-24(3,4)25(5,6)31-26)14-21(20)28(22(23)29)19-15-18(16-19)27-12-8-7-9-13-27/h10-11,14,18-19H,7-9,12-13,15-16H2,1-6H3/i7D2,8D2,9D2,12D2,13D2. The highest BCUT2D eigenvalue weighted by Gasteiger charge is 2.53. The number of rotatable bonds is 3. The first-order valence-corrected chi connectivity index (χ1v) is 10.9. The molecule has 31 heavy (non-hydrogen) atoms. The van der Waals surface area contributed by atoms with Crippen LogP contribution in [0.2, 0.25) is 0 Å². The number of amides is 1. The van der Waals surface area contributed by atoms with Gasteiger partial charge in [0.15, 0.2) is 0 Å². The molecular weight excluding hydrogens is 387 g/mol.